The van der Waals surface area contributed by atoms with Crippen LogP contribution in [0.4, 0.5) is 0 Å². The molecule has 0 aliphatic heterocycles. The van der Waals surface area contributed by atoms with E-state index in [2.05, 4.69) is 30.7 Å². The van der Waals surface area contributed by atoms with E-state index in [0.29, 0.717) is 18.0 Å². The van der Waals surface area contributed by atoms with Gasteiger partial charge >= 0.3 is 0 Å². The van der Waals surface area contributed by atoms with Crippen molar-refractivity contribution in [1.29, 1.82) is 0 Å². The van der Waals surface area contributed by atoms with Crippen molar-refractivity contribution in [1.82, 2.24) is 9.88 Å². The summed E-state index contributed by atoms with van der Waals surface area (Å²) >= 11 is 0. The highest BCUT2D eigenvalue weighted by Gasteiger charge is 2.27. The zero-order valence-electron chi connectivity index (χ0n) is 17.6. The summed E-state index contributed by atoms with van der Waals surface area (Å²) in [7, 11) is 0. The molecule has 4 heteroatoms. The van der Waals surface area contributed by atoms with Crippen LogP contribution in [0, 0.1) is 6.92 Å². The van der Waals surface area contributed by atoms with Gasteiger partial charge in [-0.25, -0.2) is 0 Å². The van der Waals surface area contributed by atoms with Gasteiger partial charge in [-0.1, -0.05) is 26.0 Å². The van der Waals surface area contributed by atoms with Crippen molar-refractivity contribution in [2.24, 2.45) is 0 Å². The standard InChI is InChI=1S/C24H30N2O2/c1-6-7-19-20(9-11-23(19)28)24-16(4)26(13-12-25-15(2)3)22-10-8-18(17(5)27)14-21(22)24/h6-8,10,14-15,25H,9,11-13H2,1-5H3/b7-6-. The van der Waals surface area contributed by atoms with Crippen molar-refractivity contribution in [3.05, 3.63) is 52.7 Å². The Morgan fingerprint density at radius 3 is 2.68 bits per heavy atom. The molecule has 0 spiro atoms. The minimum atomic E-state index is 0.0601. The fourth-order valence-electron chi connectivity index (χ4n) is 4.13. The maximum atomic E-state index is 12.4. The first kappa shape index (κ1) is 20.3. The van der Waals surface area contributed by atoms with Crippen LogP contribution in [0.2, 0.25) is 0 Å². The summed E-state index contributed by atoms with van der Waals surface area (Å²) in [6, 6.07) is 6.38. The number of carbonyl (C=O) groups excluding carboxylic acids is 2. The fourth-order valence-corrected chi connectivity index (χ4v) is 4.13. The Labute approximate surface area is 167 Å². The molecule has 0 unspecified atom stereocenters. The van der Waals surface area contributed by atoms with Gasteiger partial charge < -0.3 is 9.88 Å². The Bertz CT molecular complexity index is 990. The number of rotatable bonds is 7. The Hall–Kier alpha value is -2.46. The summed E-state index contributed by atoms with van der Waals surface area (Å²) in [6.07, 6.45) is 5.18. The second-order valence-electron chi connectivity index (χ2n) is 7.82. The molecule has 0 bridgehead atoms. The lowest BCUT2D eigenvalue weighted by Crippen LogP contribution is -2.26. The second-order valence-corrected chi connectivity index (χ2v) is 7.82. The van der Waals surface area contributed by atoms with Crippen molar-refractivity contribution >= 4 is 28.0 Å². The maximum absolute atomic E-state index is 12.4. The quantitative estimate of drug-likeness (QED) is 0.701. The molecule has 0 atom stereocenters. The first-order valence-corrected chi connectivity index (χ1v) is 10.1. The molecular formula is C24H30N2O2. The molecule has 1 aliphatic rings. The minimum absolute atomic E-state index is 0.0601. The average molecular weight is 379 g/mol. The van der Waals surface area contributed by atoms with E-state index in [9.17, 15) is 9.59 Å². The molecule has 1 aliphatic carbocycles. The van der Waals surface area contributed by atoms with Crippen LogP contribution in [-0.4, -0.2) is 28.7 Å². The van der Waals surface area contributed by atoms with Crippen LogP contribution in [0.1, 0.15) is 62.2 Å². The Balaban J connectivity index is 2.23. The molecule has 0 saturated heterocycles. The molecular weight excluding hydrogens is 348 g/mol. The molecule has 4 nitrogen and oxygen atoms in total. The zero-order chi connectivity index (χ0) is 20.4. The average Bonchev–Trinajstić information content (AvgIpc) is 3.12. The number of benzene rings is 1. The SMILES string of the molecule is C/C=C\C1=C(c2c(C)n(CCNC(C)C)c3ccc(C(C)=O)cc23)CCC1=O. The van der Waals surface area contributed by atoms with Gasteiger partial charge in [0.15, 0.2) is 11.6 Å². The third-order valence-electron chi connectivity index (χ3n) is 5.48. The number of aromatic nitrogens is 1. The number of ketones is 2. The molecule has 1 heterocycles. The number of Topliss-reactive ketones (excluding diaryl/α,β-unsaturated/α-hetero) is 2. The summed E-state index contributed by atoms with van der Waals surface area (Å²) in [5.74, 6) is 0.266. The number of nitrogens with one attached hydrogen (secondary N) is 1. The van der Waals surface area contributed by atoms with Crippen LogP contribution in [-0.2, 0) is 11.3 Å². The second kappa shape index (κ2) is 8.27. The largest absolute Gasteiger partial charge is 0.343 e. The number of allylic oxidation sites excluding steroid dienone is 4. The van der Waals surface area contributed by atoms with Crippen molar-refractivity contribution < 1.29 is 9.59 Å². The van der Waals surface area contributed by atoms with Crippen molar-refractivity contribution in [2.75, 3.05) is 6.54 Å². The topological polar surface area (TPSA) is 51.1 Å². The van der Waals surface area contributed by atoms with Gasteiger partial charge in [-0.2, -0.15) is 0 Å². The summed E-state index contributed by atoms with van der Waals surface area (Å²) < 4.78 is 2.31. The van der Waals surface area contributed by atoms with Gasteiger partial charge in [0.2, 0.25) is 0 Å². The molecule has 0 saturated carbocycles. The number of hydrogen-bond acceptors (Lipinski definition) is 3. The van der Waals surface area contributed by atoms with Crippen LogP contribution in [0.5, 0.6) is 0 Å². The zero-order valence-corrected chi connectivity index (χ0v) is 17.6. The monoisotopic (exact) mass is 378 g/mol. The maximum Gasteiger partial charge on any atom is 0.163 e. The van der Waals surface area contributed by atoms with Gasteiger partial charge in [0.05, 0.1) is 0 Å². The van der Waals surface area contributed by atoms with E-state index in [1.165, 1.54) is 0 Å². The first-order chi connectivity index (χ1) is 13.3. The molecule has 28 heavy (non-hydrogen) atoms. The summed E-state index contributed by atoms with van der Waals surface area (Å²) in [6.45, 7) is 11.7. The van der Waals surface area contributed by atoms with Crippen LogP contribution in [0.3, 0.4) is 0 Å². The van der Waals surface area contributed by atoms with Crippen molar-refractivity contribution in [2.45, 2.75) is 60.0 Å². The van der Waals surface area contributed by atoms with E-state index in [4.69, 9.17) is 0 Å². The molecule has 1 aromatic carbocycles. The van der Waals surface area contributed by atoms with Gasteiger partial charge in [-0.05, 0) is 51.0 Å². The number of hydrogen-bond donors (Lipinski definition) is 1. The van der Waals surface area contributed by atoms with Crippen LogP contribution >= 0.6 is 0 Å². The third-order valence-corrected chi connectivity index (χ3v) is 5.48. The minimum Gasteiger partial charge on any atom is -0.343 e. The van der Waals surface area contributed by atoms with Gasteiger partial charge in [-0.15, -0.1) is 0 Å². The summed E-state index contributed by atoms with van der Waals surface area (Å²) in [5.41, 5.74) is 6.05. The Kier molecular flexibility index (Phi) is 5.99. The van der Waals surface area contributed by atoms with E-state index in [-0.39, 0.29) is 11.6 Å². The van der Waals surface area contributed by atoms with Crippen LogP contribution < -0.4 is 5.32 Å². The smallest absolute Gasteiger partial charge is 0.163 e. The Morgan fingerprint density at radius 2 is 2.04 bits per heavy atom. The van der Waals surface area contributed by atoms with E-state index in [1.54, 1.807) is 6.92 Å². The summed E-state index contributed by atoms with van der Waals surface area (Å²) in [4.78, 5) is 24.4. The van der Waals surface area contributed by atoms with Crippen molar-refractivity contribution in [3.63, 3.8) is 0 Å². The van der Waals surface area contributed by atoms with Gasteiger partial charge in [0, 0.05) is 58.8 Å². The van der Waals surface area contributed by atoms with Crippen LogP contribution in [0.25, 0.3) is 16.5 Å². The lowest BCUT2D eigenvalue weighted by Gasteiger charge is -2.12. The lowest BCUT2D eigenvalue weighted by atomic mass is 9.97. The van der Waals surface area contributed by atoms with Crippen LogP contribution in [0.15, 0.2) is 35.9 Å². The molecule has 2 aromatic rings. The molecule has 0 radical (unpaired) electrons. The number of nitrogens with zero attached hydrogens (tertiary/aromatic N) is 1. The third kappa shape index (κ3) is 3.74. The van der Waals surface area contributed by atoms with Gasteiger partial charge in [-0.3, -0.25) is 9.59 Å². The molecule has 3 rings (SSSR count). The molecule has 0 amide bonds. The highest BCUT2D eigenvalue weighted by atomic mass is 16.1. The molecule has 0 fully saturated rings. The van der Waals surface area contributed by atoms with Gasteiger partial charge in [0.25, 0.3) is 0 Å². The van der Waals surface area contributed by atoms with E-state index >= 15 is 0 Å². The molecule has 148 valence electrons. The molecule has 1 N–H and O–H groups in total. The van der Waals surface area contributed by atoms with E-state index in [1.807, 2.05) is 37.3 Å². The van der Waals surface area contributed by atoms with Gasteiger partial charge in [0.1, 0.15) is 0 Å². The van der Waals surface area contributed by atoms with E-state index in [0.717, 1.165) is 52.8 Å². The molecule has 1 aromatic heterocycles. The predicted octanol–water partition coefficient (Wildman–Crippen LogP) is 4.84. The highest BCUT2D eigenvalue weighted by Crippen LogP contribution is 2.40. The fraction of sp³-hybridized carbons (Fsp3) is 0.417. The highest BCUT2D eigenvalue weighted by molar-refractivity contribution is 6.13. The number of carbonyl (C=O) groups is 2. The lowest BCUT2D eigenvalue weighted by molar-refractivity contribution is -0.114. The number of fused-ring (bicyclic) bond motifs is 1. The normalized spacial score (nSPS) is 15.0. The van der Waals surface area contributed by atoms with E-state index < -0.39 is 0 Å². The van der Waals surface area contributed by atoms with Crippen molar-refractivity contribution in [3.8, 4) is 0 Å². The predicted molar refractivity (Wildman–Crippen MR) is 116 cm³/mol. The summed E-state index contributed by atoms with van der Waals surface area (Å²) in [5, 5.41) is 4.55. The Morgan fingerprint density at radius 1 is 1.29 bits per heavy atom. The first-order valence-electron chi connectivity index (χ1n) is 10.1.